The molecule has 0 aliphatic rings. The Morgan fingerprint density at radius 1 is 0.444 bits per heavy atom. The zero-order valence-corrected chi connectivity index (χ0v) is 32.2. The van der Waals surface area contributed by atoms with Crippen LogP contribution in [0.1, 0.15) is 27.7 Å². The van der Waals surface area contributed by atoms with Crippen molar-refractivity contribution in [3.05, 3.63) is 138 Å². The molecule has 0 aliphatic heterocycles. The van der Waals surface area contributed by atoms with Gasteiger partial charge in [-0.15, -0.1) is 0 Å². The minimum atomic E-state index is -0.489. The Morgan fingerprint density at radius 2 is 0.611 bits per heavy atom. The van der Waals surface area contributed by atoms with Crippen molar-refractivity contribution in [1.82, 2.24) is 0 Å². The molecule has 0 saturated heterocycles. The standard InChI is InChI=1S/2C13H10N4O4S.C8H20N.ClH/c2*18-16(19)11-5-1-9(2-6-11)14-13(22)15-10-3-7-12(8-4-10)17(20)21;1-5-9(6-2,7-3)8-4;/h2*1-8H,(H2,14,15,22);5-8H2,1-4H3;1H/q;;+1;/p-1. The molecule has 17 nitrogen and oxygen atoms in total. The lowest BCUT2D eigenvalue weighted by Crippen LogP contribution is -3.00. The van der Waals surface area contributed by atoms with Crippen molar-refractivity contribution < 1.29 is 36.6 Å². The number of nitro groups is 4. The van der Waals surface area contributed by atoms with Gasteiger partial charge in [0.25, 0.3) is 22.7 Å². The maximum atomic E-state index is 10.6. The highest BCUT2D eigenvalue weighted by Gasteiger charge is 2.16. The molecular weight excluding hydrogens is 762 g/mol. The number of nitrogens with one attached hydrogen (secondary N) is 4. The Hall–Kier alpha value is -5.89. The Labute approximate surface area is 328 Å². The van der Waals surface area contributed by atoms with Crippen molar-refractivity contribution in [3.8, 4) is 0 Å². The highest BCUT2D eigenvalue weighted by Crippen LogP contribution is 2.19. The number of anilines is 4. The van der Waals surface area contributed by atoms with Gasteiger partial charge in [0.15, 0.2) is 10.2 Å². The highest BCUT2D eigenvalue weighted by atomic mass is 35.5. The topological polar surface area (TPSA) is 221 Å². The molecule has 4 aromatic carbocycles. The molecular formula is C34H40ClN9O8S2. The van der Waals surface area contributed by atoms with Crippen molar-refractivity contribution in [2.45, 2.75) is 27.7 Å². The van der Waals surface area contributed by atoms with Crippen LogP contribution < -0.4 is 33.7 Å². The van der Waals surface area contributed by atoms with Crippen LogP contribution in [0.4, 0.5) is 45.5 Å². The Bertz CT molecular complexity index is 1600. The quantitative estimate of drug-likeness (QED) is 0.0601. The van der Waals surface area contributed by atoms with Crippen LogP contribution in [-0.4, -0.2) is 60.6 Å². The monoisotopic (exact) mass is 801 g/mol. The fourth-order valence-electron chi connectivity index (χ4n) is 4.59. The number of hydrogen-bond acceptors (Lipinski definition) is 10. The number of quaternary nitrogens is 1. The minimum absolute atomic E-state index is 0. The van der Waals surface area contributed by atoms with E-state index in [1.165, 1.54) is 128 Å². The van der Waals surface area contributed by atoms with Crippen LogP contribution in [0.15, 0.2) is 97.1 Å². The van der Waals surface area contributed by atoms with Gasteiger partial charge in [0.1, 0.15) is 0 Å². The zero-order chi connectivity index (χ0) is 39.6. The summed E-state index contributed by atoms with van der Waals surface area (Å²) in [6, 6.07) is 23.1. The van der Waals surface area contributed by atoms with Crippen LogP contribution in [0.3, 0.4) is 0 Å². The van der Waals surface area contributed by atoms with Crippen LogP contribution in [0.5, 0.6) is 0 Å². The predicted molar refractivity (Wildman–Crippen MR) is 214 cm³/mol. The third-order valence-electron chi connectivity index (χ3n) is 8.03. The number of nitrogens with zero attached hydrogens (tertiary/aromatic N) is 5. The third-order valence-corrected chi connectivity index (χ3v) is 8.44. The van der Waals surface area contributed by atoms with Crippen LogP contribution in [0, 0.1) is 40.5 Å². The molecule has 0 fully saturated rings. The molecule has 0 radical (unpaired) electrons. The van der Waals surface area contributed by atoms with Gasteiger partial charge in [0.2, 0.25) is 0 Å². The van der Waals surface area contributed by atoms with Crippen LogP contribution in [0.25, 0.3) is 0 Å². The number of nitro benzene ring substituents is 4. The molecule has 0 spiro atoms. The zero-order valence-electron chi connectivity index (χ0n) is 29.8. The number of benzene rings is 4. The average Bonchev–Trinajstić information content (AvgIpc) is 3.14. The lowest BCUT2D eigenvalue weighted by atomic mass is 10.3. The predicted octanol–water partition coefficient (Wildman–Crippen LogP) is 5.51. The van der Waals surface area contributed by atoms with Crippen molar-refractivity contribution in [2.24, 2.45) is 0 Å². The van der Waals surface area contributed by atoms with Crippen molar-refractivity contribution in [1.29, 1.82) is 0 Å². The lowest BCUT2D eigenvalue weighted by Gasteiger charge is -2.34. The number of hydrogen-bond donors (Lipinski definition) is 4. The van der Waals surface area contributed by atoms with Crippen molar-refractivity contribution in [2.75, 3.05) is 47.4 Å². The second-order valence-electron chi connectivity index (χ2n) is 11.0. The molecule has 0 aromatic heterocycles. The Morgan fingerprint density at radius 3 is 0.722 bits per heavy atom. The van der Waals surface area contributed by atoms with Crippen LogP contribution in [0.2, 0.25) is 0 Å². The molecule has 0 amide bonds. The first kappa shape index (κ1) is 46.1. The summed E-state index contributed by atoms with van der Waals surface area (Å²) in [4.78, 5) is 40.2. The molecule has 288 valence electrons. The van der Waals surface area contributed by atoms with E-state index in [0.717, 1.165) is 0 Å². The second-order valence-corrected chi connectivity index (χ2v) is 11.8. The number of rotatable bonds is 12. The SMILES string of the molecule is CC[N+](CC)(CC)CC.O=[N+]([O-])c1ccc(NC(=S)Nc2ccc([N+](=O)[O-])cc2)cc1.O=[N+]([O-])c1ccc(NC(=S)Nc2ccc([N+](=O)[O-])cc2)cc1.[Cl-]. The molecule has 0 aliphatic carbocycles. The first-order valence-electron chi connectivity index (χ1n) is 16.1. The fraction of sp³-hybridized carbons (Fsp3) is 0.235. The van der Waals surface area contributed by atoms with Crippen molar-refractivity contribution in [3.63, 3.8) is 0 Å². The van der Waals surface area contributed by atoms with Crippen LogP contribution >= 0.6 is 24.4 Å². The molecule has 0 atom stereocenters. The van der Waals surface area contributed by atoms with E-state index in [1.54, 1.807) is 0 Å². The van der Waals surface area contributed by atoms with E-state index in [2.05, 4.69) is 49.0 Å². The fourth-order valence-corrected chi connectivity index (χ4v) is 5.07. The second kappa shape index (κ2) is 22.9. The Kier molecular flexibility index (Phi) is 19.6. The first-order chi connectivity index (χ1) is 25.1. The van der Waals surface area contributed by atoms with E-state index >= 15 is 0 Å². The van der Waals surface area contributed by atoms with Crippen molar-refractivity contribution >= 4 is 80.2 Å². The number of halogens is 1. The van der Waals surface area contributed by atoms with Crippen LogP contribution in [-0.2, 0) is 0 Å². The molecule has 0 saturated carbocycles. The number of thiocarbonyl (C=S) groups is 2. The molecule has 20 heteroatoms. The van der Waals surface area contributed by atoms with E-state index < -0.39 is 19.7 Å². The van der Waals surface area contributed by atoms with E-state index in [1.807, 2.05) is 0 Å². The average molecular weight is 802 g/mol. The molecule has 0 bridgehead atoms. The van der Waals surface area contributed by atoms with Gasteiger partial charge in [-0.05, 0) is 101 Å². The molecule has 4 N–H and O–H groups in total. The summed E-state index contributed by atoms with van der Waals surface area (Å²) in [5.41, 5.74) is 2.30. The van der Waals surface area contributed by atoms with Gasteiger partial charge >= 0.3 is 0 Å². The normalized spacial score (nSPS) is 10.0. The summed E-state index contributed by atoms with van der Waals surface area (Å²) in [6.07, 6.45) is 0. The third kappa shape index (κ3) is 15.4. The molecule has 54 heavy (non-hydrogen) atoms. The Balaban J connectivity index is 0.000000436. The molecule has 4 rings (SSSR count). The summed E-state index contributed by atoms with van der Waals surface area (Å²) in [5, 5.41) is 54.2. The van der Waals surface area contributed by atoms with E-state index in [4.69, 9.17) is 24.4 Å². The summed E-state index contributed by atoms with van der Waals surface area (Å²) < 4.78 is 1.28. The van der Waals surface area contributed by atoms with Gasteiger partial charge in [-0.3, -0.25) is 40.5 Å². The van der Waals surface area contributed by atoms with E-state index in [9.17, 15) is 40.5 Å². The highest BCUT2D eigenvalue weighted by molar-refractivity contribution is 7.81. The minimum Gasteiger partial charge on any atom is -1.00 e. The number of non-ortho nitro benzene ring substituents is 4. The lowest BCUT2D eigenvalue weighted by molar-refractivity contribution is -0.921. The molecule has 4 aromatic rings. The van der Waals surface area contributed by atoms with Gasteiger partial charge in [-0.1, -0.05) is 0 Å². The van der Waals surface area contributed by atoms with E-state index in [0.29, 0.717) is 22.7 Å². The van der Waals surface area contributed by atoms with Gasteiger partial charge in [-0.25, -0.2) is 0 Å². The van der Waals surface area contributed by atoms with Gasteiger partial charge in [-0.2, -0.15) is 0 Å². The van der Waals surface area contributed by atoms with Gasteiger partial charge in [0.05, 0.1) is 45.9 Å². The van der Waals surface area contributed by atoms with Gasteiger partial charge in [0, 0.05) is 71.3 Å². The summed E-state index contributed by atoms with van der Waals surface area (Å²) >= 11 is 10.2. The van der Waals surface area contributed by atoms with Gasteiger partial charge < -0.3 is 38.2 Å². The first-order valence-corrected chi connectivity index (χ1v) is 17.0. The smallest absolute Gasteiger partial charge is 0.269 e. The largest absolute Gasteiger partial charge is 1.00 e. The molecule has 0 unspecified atom stereocenters. The summed E-state index contributed by atoms with van der Waals surface area (Å²) in [7, 11) is 0. The molecule has 0 heterocycles. The maximum absolute atomic E-state index is 10.6. The maximum Gasteiger partial charge on any atom is 0.269 e. The summed E-state index contributed by atoms with van der Waals surface area (Å²) in [5.74, 6) is 0. The summed E-state index contributed by atoms with van der Waals surface area (Å²) in [6.45, 7) is 14.2. The van der Waals surface area contributed by atoms with E-state index in [-0.39, 0.29) is 45.4 Å².